The number of hydrogen-bond donors (Lipinski definition) is 2. The van der Waals surface area contributed by atoms with Crippen LogP contribution in [0.15, 0.2) is 36.7 Å². The largest absolute Gasteiger partial charge is 0.368 e. The van der Waals surface area contributed by atoms with E-state index in [0.717, 1.165) is 0 Å². The number of halogens is 2. The summed E-state index contributed by atoms with van der Waals surface area (Å²) in [6, 6.07) is 6.84. The summed E-state index contributed by atoms with van der Waals surface area (Å²) in [4.78, 5) is 12.3. The molecule has 0 saturated heterocycles. The van der Waals surface area contributed by atoms with Gasteiger partial charge in [0.25, 0.3) is 5.95 Å². The van der Waals surface area contributed by atoms with Crippen molar-refractivity contribution < 1.29 is 0 Å². The van der Waals surface area contributed by atoms with Gasteiger partial charge in [-0.3, -0.25) is 0 Å². The number of hydrogen-bond acceptors (Lipinski definition) is 6. The standard InChI is InChI=1S/C12H9Cl2N7/c13-8-3-2-7(6-9(8)14)17-11-18-10(15)19-12(20-11)21-5-1-4-16-21/h1-6H,(H3,15,17,18,19,20). The molecule has 9 heteroatoms. The normalized spacial score (nSPS) is 10.6. The Morgan fingerprint density at radius 3 is 2.67 bits per heavy atom. The molecule has 3 aromatic rings. The topological polar surface area (TPSA) is 94.5 Å². The van der Waals surface area contributed by atoms with E-state index in [1.807, 2.05) is 0 Å². The van der Waals surface area contributed by atoms with Crippen LogP contribution in [0.2, 0.25) is 10.0 Å². The van der Waals surface area contributed by atoms with E-state index in [1.165, 1.54) is 4.68 Å². The van der Waals surface area contributed by atoms with E-state index >= 15 is 0 Å². The fourth-order valence-electron chi connectivity index (χ4n) is 1.63. The Balaban J connectivity index is 1.93. The van der Waals surface area contributed by atoms with E-state index in [0.29, 0.717) is 21.7 Å². The Kier molecular flexibility index (Phi) is 3.59. The predicted octanol–water partition coefficient (Wildman–Crippen LogP) is 2.69. The zero-order valence-electron chi connectivity index (χ0n) is 10.5. The second kappa shape index (κ2) is 5.55. The molecule has 2 aromatic heterocycles. The first kappa shape index (κ1) is 13.6. The Morgan fingerprint density at radius 1 is 1.10 bits per heavy atom. The lowest BCUT2D eigenvalue weighted by Gasteiger charge is -2.08. The molecule has 0 aliphatic rings. The van der Waals surface area contributed by atoms with Gasteiger partial charge in [-0.15, -0.1) is 0 Å². The Hall–Kier alpha value is -2.38. The van der Waals surface area contributed by atoms with Crippen LogP contribution in [-0.2, 0) is 0 Å². The van der Waals surface area contributed by atoms with Crippen molar-refractivity contribution in [3.05, 3.63) is 46.7 Å². The van der Waals surface area contributed by atoms with Gasteiger partial charge in [-0.2, -0.15) is 20.1 Å². The molecule has 0 radical (unpaired) electrons. The van der Waals surface area contributed by atoms with Crippen LogP contribution in [0.3, 0.4) is 0 Å². The van der Waals surface area contributed by atoms with Crippen LogP contribution in [0.4, 0.5) is 17.6 Å². The molecular weight excluding hydrogens is 313 g/mol. The van der Waals surface area contributed by atoms with Crippen molar-refractivity contribution in [3.63, 3.8) is 0 Å². The number of rotatable bonds is 3. The molecule has 0 aliphatic carbocycles. The lowest BCUT2D eigenvalue weighted by molar-refractivity contribution is 0.801. The molecule has 21 heavy (non-hydrogen) atoms. The number of aromatic nitrogens is 5. The number of benzene rings is 1. The first-order valence-corrected chi connectivity index (χ1v) is 6.61. The Labute approximate surface area is 129 Å². The van der Waals surface area contributed by atoms with Crippen LogP contribution in [0.1, 0.15) is 0 Å². The molecule has 0 bridgehead atoms. The van der Waals surface area contributed by atoms with Crippen LogP contribution in [0.5, 0.6) is 0 Å². The fourth-order valence-corrected chi connectivity index (χ4v) is 1.93. The highest BCUT2D eigenvalue weighted by molar-refractivity contribution is 6.42. The fraction of sp³-hybridized carbons (Fsp3) is 0. The molecule has 0 unspecified atom stereocenters. The monoisotopic (exact) mass is 321 g/mol. The Morgan fingerprint density at radius 2 is 1.95 bits per heavy atom. The average molecular weight is 322 g/mol. The predicted molar refractivity (Wildman–Crippen MR) is 81.1 cm³/mol. The quantitative estimate of drug-likeness (QED) is 0.770. The highest BCUT2D eigenvalue weighted by Gasteiger charge is 2.07. The van der Waals surface area contributed by atoms with Gasteiger partial charge in [0.1, 0.15) is 0 Å². The smallest absolute Gasteiger partial charge is 0.257 e. The first-order chi connectivity index (χ1) is 10.1. The zero-order chi connectivity index (χ0) is 14.8. The van der Waals surface area contributed by atoms with Gasteiger partial charge in [0.2, 0.25) is 11.9 Å². The Bertz CT molecular complexity index is 773. The van der Waals surface area contributed by atoms with Crippen LogP contribution in [0.25, 0.3) is 5.95 Å². The molecular formula is C12H9Cl2N7. The highest BCUT2D eigenvalue weighted by Crippen LogP contribution is 2.26. The lowest BCUT2D eigenvalue weighted by Crippen LogP contribution is -2.09. The maximum absolute atomic E-state index is 5.96. The van der Waals surface area contributed by atoms with Gasteiger partial charge in [0.05, 0.1) is 10.0 Å². The average Bonchev–Trinajstić information content (AvgIpc) is 2.96. The van der Waals surface area contributed by atoms with Crippen molar-refractivity contribution in [2.45, 2.75) is 0 Å². The van der Waals surface area contributed by atoms with Gasteiger partial charge >= 0.3 is 0 Å². The van der Waals surface area contributed by atoms with Crippen molar-refractivity contribution in [2.24, 2.45) is 0 Å². The first-order valence-electron chi connectivity index (χ1n) is 5.85. The van der Waals surface area contributed by atoms with E-state index in [2.05, 4.69) is 25.4 Å². The third-order valence-electron chi connectivity index (χ3n) is 2.53. The van der Waals surface area contributed by atoms with Crippen molar-refractivity contribution in [1.29, 1.82) is 0 Å². The van der Waals surface area contributed by atoms with Crippen LogP contribution in [-0.4, -0.2) is 24.7 Å². The molecule has 0 saturated carbocycles. The van der Waals surface area contributed by atoms with Gasteiger partial charge in [0.15, 0.2) is 0 Å². The summed E-state index contributed by atoms with van der Waals surface area (Å²) in [5.41, 5.74) is 6.36. The number of anilines is 3. The van der Waals surface area contributed by atoms with Crippen LogP contribution >= 0.6 is 23.2 Å². The molecule has 0 amide bonds. The third-order valence-corrected chi connectivity index (χ3v) is 3.26. The van der Waals surface area contributed by atoms with Crippen LogP contribution < -0.4 is 11.1 Å². The molecule has 1 aromatic carbocycles. The van der Waals surface area contributed by atoms with Gasteiger partial charge in [-0.05, 0) is 24.3 Å². The highest BCUT2D eigenvalue weighted by atomic mass is 35.5. The summed E-state index contributed by atoms with van der Waals surface area (Å²) < 4.78 is 1.48. The minimum atomic E-state index is 0.0815. The SMILES string of the molecule is Nc1nc(Nc2ccc(Cl)c(Cl)c2)nc(-n2cccn2)n1. The summed E-state index contributed by atoms with van der Waals surface area (Å²) >= 11 is 11.8. The van der Waals surface area contributed by atoms with E-state index in [4.69, 9.17) is 28.9 Å². The zero-order valence-corrected chi connectivity index (χ0v) is 12.0. The molecule has 2 heterocycles. The lowest BCUT2D eigenvalue weighted by atomic mass is 10.3. The number of nitrogen functional groups attached to an aromatic ring is 1. The summed E-state index contributed by atoms with van der Waals surface area (Å²) in [7, 11) is 0. The summed E-state index contributed by atoms with van der Waals surface area (Å²) in [6.07, 6.45) is 3.32. The minimum Gasteiger partial charge on any atom is -0.368 e. The van der Waals surface area contributed by atoms with E-state index in [9.17, 15) is 0 Å². The van der Waals surface area contributed by atoms with Crippen molar-refractivity contribution >= 4 is 40.8 Å². The van der Waals surface area contributed by atoms with E-state index < -0.39 is 0 Å². The number of nitrogens with two attached hydrogens (primary N) is 1. The number of nitrogens with zero attached hydrogens (tertiary/aromatic N) is 5. The summed E-state index contributed by atoms with van der Waals surface area (Å²) in [6.45, 7) is 0. The van der Waals surface area contributed by atoms with Crippen LogP contribution in [0, 0.1) is 0 Å². The third kappa shape index (κ3) is 3.04. The van der Waals surface area contributed by atoms with Gasteiger partial charge in [-0.25, -0.2) is 4.68 Å². The molecule has 0 spiro atoms. The molecule has 0 fully saturated rings. The molecule has 106 valence electrons. The molecule has 0 atom stereocenters. The second-order valence-electron chi connectivity index (χ2n) is 4.02. The van der Waals surface area contributed by atoms with Crippen molar-refractivity contribution in [1.82, 2.24) is 24.7 Å². The van der Waals surface area contributed by atoms with E-state index in [-0.39, 0.29) is 11.9 Å². The minimum absolute atomic E-state index is 0.0815. The van der Waals surface area contributed by atoms with Gasteiger partial charge in [0, 0.05) is 18.1 Å². The molecule has 0 aliphatic heterocycles. The second-order valence-corrected chi connectivity index (χ2v) is 4.84. The number of nitrogens with one attached hydrogen (secondary N) is 1. The summed E-state index contributed by atoms with van der Waals surface area (Å²) in [5, 5.41) is 7.93. The molecule has 3 rings (SSSR count). The van der Waals surface area contributed by atoms with E-state index in [1.54, 1.807) is 36.7 Å². The van der Waals surface area contributed by atoms with Crippen molar-refractivity contribution in [2.75, 3.05) is 11.1 Å². The van der Waals surface area contributed by atoms with Gasteiger partial charge in [-0.1, -0.05) is 23.2 Å². The maximum atomic E-state index is 5.96. The molecule has 3 N–H and O–H groups in total. The van der Waals surface area contributed by atoms with Gasteiger partial charge < -0.3 is 11.1 Å². The summed E-state index contributed by atoms with van der Waals surface area (Å²) in [5.74, 6) is 0.680. The van der Waals surface area contributed by atoms with Crippen molar-refractivity contribution in [3.8, 4) is 5.95 Å². The maximum Gasteiger partial charge on any atom is 0.257 e. The molecule has 7 nitrogen and oxygen atoms in total.